The normalized spacial score (nSPS) is 12.3. The van der Waals surface area contributed by atoms with Crippen LogP contribution < -0.4 is 5.32 Å². The van der Waals surface area contributed by atoms with Crippen LogP contribution in [-0.4, -0.2) is 24.2 Å². The molecule has 3 nitrogen and oxygen atoms in total. The maximum atomic E-state index is 10.7. The average Bonchev–Trinajstić information content (AvgIpc) is 2.26. The van der Waals surface area contributed by atoms with Crippen LogP contribution in [0.25, 0.3) is 0 Å². The number of hydrogen-bond acceptors (Lipinski definition) is 2. The molecule has 0 fully saturated rings. The van der Waals surface area contributed by atoms with E-state index < -0.39 is 5.97 Å². The predicted molar refractivity (Wildman–Crippen MR) is 64.4 cm³/mol. The number of carboxylic acid groups (broad SMARTS) is 1. The first-order valence-corrected chi connectivity index (χ1v) is 5.68. The van der Waals surface area contributed by atoms with E-state index in [0.29, 0.717) is 0 Å². The summed E-state index contributed by atoms with van der Waals surface area (Å²) < 4.78 is 0. The van der Waals surface area contributed by atoms with Crippen molar-refractivity contribution in [3.05, 3.63) is 35.9 Å². The summed E-state index contributed by atoms with van der Waals surface area (Å²) in [5, 5.41) is 12.0. The van der Waals surface area contributed by atoms with Crippen molar-refractivity contribution < 1.29 is 9.90 Å². The predicted octanol–water partition coefficient (Wildman–Crippen LogP) is 1.93. The highest BCUT2D eigenvalue weighted by Gasteiger charge is 2.13. The minimum atomic E-state index is -0.723. The van der Waals surface area contributed by atoms with Gasteiger partial charge in [0.05, 0.1) is 0 Å². The molecule has 1 atom stereocenters. The van der Waals surface area contributed by atoms with Gasteiger partial charge in [0.25, 0.3) is 0 Å². The fourth-order valence-electron chi connectivity index (χ4n) is 1.76. The molecule has 0 aromatic heterocycles. The number of aliphatic carboxylic acids is 1. The first-order chi connectivity index (χ1) is 7.72. The van der Waals surface area contributed by atoms with E-state index in [2.05, 4.69) is 5.32 Å². The van der Waals surface area contributed by atoms with Crippen LogP contribution in [0.5, 0.6) is 0 Å². The molecule has 0 heterocycles. The summed E-state index contributed by atoms with van der Waals surface area (Å²) >= 11 is 0. The summed E-state index contributed by atoms with van der Waals surface area (Å²) in [6.45, 7) is 3.67. The molecule has 0 aliphatic carbocycles. The van der Waals surface area contributed by atoms with Gasteiger partial charge >= 0.3 is 5.97 Å². The highest BCUT2D eigenvalue weighted by Crippen LogP contribution is 2.11. The van der Waals surface area contributed by atoms with E-state index in [9.17, 15) is 4.79 Å². The molecular weight excluding hydrogens is 202 g/mol. The fourth-order valence-corrected chi connectivity index (χ4v) is 1.76. The van der Waals surface area contributed by atoms with Crippen LogP contribution in [-0.2, 0) is 11.2 Å². The van der Waals surface area contributed by atoms with E-state index in [-0.39, 0.29) is 12.3 Å². The lowest BCUT2D eigenvalue weighted by Gasteiger charge is -2.15. The Balaban J connectivity index is 2.52. The van der Waals surface area contributed by atoms with Gasteiger partial charge in [0.1, 0.15) is 0 Å². The van der Waals surface area contributed by atoms with Crippen LogP contribution in [0.4, 0.5) is 0 Å². The summed E-state index contributed by atoms with van der Waals surface area (Å²) in [6.07, 6.45) is 1.04. The van der Waals surface area contributed by atoms with Crippen molar-refractivity contribution in [3.63, 3.8) is 0 Å². The Labute approximate surface area is 96.5 Å². The van der Waals surface area contributed by atoms with E-state index >= 15 is 0 Å². The lowest BCUT2D eigenvalue weighted by atomic mass is 9.96. The second kappa shape index (κ2) is 7.01. The van der Waals surface area contributed by atoms with Gasteiger partial charge in [0.15, 0.2) is 0 Å². The molecule has 0 aliphatic rings. The molecule has 0 bridgehead atoms. The monoisotopic (exact) mass is 221 g/mol. The zero-order valence-electron chi connectivity index (χ0n) is 9.65. The molecule has 1 rings (SSSR count). The molecule has 88 valence electrons. The van der Waals surface area contributed by atoms with Crippen molar-refractivity contribution >= 4 is 5.97 Å². The smallest absolute Gasteiger partial charge is 0.303 e. The minimum Gasteiger partial charge on any atom is -0.481 e. The second-order valence-electron chi connectivity index (χ2n) is 3.96. The summed E-state index contributed by atoms with van der Waals surface area (Å²) in [5.74, 6) is -0.557. The Morgan fingerprint density at radius 2 is 2.06 bits per heavy atom. The Bertz CT molecular complexity index is 311. The third-order valence-corrected chi connectivity index (χ3v) is 2.51. The maximum absolute atomic E-state index is 10.7. The fraction of sp³-hybridized carbons (Fsp3) is 0.462. The number of carboxylic acids is 1. The first-order valence-electron chi connectivity index (χ1n) is 5.68. The highest BCUT2D eigenvalue weighted by atomic mass is 16.4. The van der Waals surface area contributed by atoms with E-state index in [1.807, 2.05) is 37.3 Å². The largest absolute Gasteiger partial charge is 0.481 e. The third kappa shape index (κ3) is 4.94. The lowest BCUT2D eigenvalue weighted by Crippen LogP contribution is -2.26. The molecule has 16 heavy (non-hydrogen) atoms. The molecule has 0 saturated heterocycles. The first kappa shape index (κ1) is 12.7. The number of benzene rings is 1. The SMILES string of the molecule is CCNCC(CC(=O)O)Cc1ccccc1. The zero-order chi connectivity index (χ0) is 11.8. The van der Waals surface area contributed by atoms with Gasteiger partial charge in [-0.05, 0) is 31.0 Å². The highest BCUT2D eigenvalue weighted by molar-refractivity contribution is 5.67. The molecule has 2 N–H and O–H groups in total. The van der Waals surface area contributed by atoms with Crippen molar-refractivity contribution in [1.82, 2.24) is 5.32 Å². The van der Waals surface area contributed by atoms with Gasteiger partial charge in [0, 0.05) is 6.42 Å². The van der Waals surface area contributed by atoms with Gasteiger partial charge in [-0.2, -0.15) is 0 Å². The summed E-state index contributed by atoms with van der Waals surface area (Å²) in [7, 11) is 0. The van der Waals surface area contributed by atoms with Gasteiger partial charge in [-0.3, -0.25) is 4.79 Å². The number of carbonyl (C=O) groups is 1. The minimum absolute atomic E-state index is 0.167. The summed E-state index contributed by atoms with van der Waals surface area (Å²) in [4.78, 5) is 10.7. The second-order valence-corrected chi connectivity index (χ2v) is 3.96. The van der Waals surface area contributed by atoms with Crippen molar-refractivity contribution in [3.8, 4) is 0 Å². The number of nitrogens with one attached hydrogen (secondary N) is 1. The summed E-state index contributed by atoms with van der Waals surface area (Å²) in [5.41, 5.74) is 1.20. The van der Waals surface area contributed by atoms with Crippen LogP contribution in [0, 0.1) is 5.92 Å². The molecule has 0 radical (unpaired) electrons. The Morgan fingerprint density at radius 3 is 2.62 bits per heavy atom. The van der Waals surface area contributed by atoms with Crippen LogP contribution in [0.2, 0.25) is 0 Å². The topological polar surface area (TPSA) is 49.3 Å². The molecule has 0 saturated carbocycles. The Morgan fingerprint density at radius 1 is 1.38 bits per heavy atom. The van der Waals surface area contributed by atoms with Crippen LogP contribution >= 0.6 is 0 Å². The van der Waals surface area contributed by atoms with E-state index in [1.165, 1.54) is 5.56 Å². The van der Waals surface area contributed by atoms with Crippen LogP contribution in [0.1, 0.15) is 18.9 Å². The molecule has 0 spiro atoms. The van der Waals surface area contributed by atoms with Gasteiger partial charge < -0.3 is 10.4 Å². The maximum Gasteiger partial charge on any atom is 0.303 e. The van der Waals surface area contributed by atoms with Crippen molar-refractivity contribution in [2.24, 2.45) is 5.92 Å². The average molecular weight is 221 g/mol. The number of hydrogen-bond donors (Lipinski definition) is 2. The third-order valence-electron chi connectivity index (χ3n) is 2.51. The van der Waals surface area contributed by atoms with Crippen molar-refractivity contribution in [1.29, 1.82) is 0 Å². The van der Waals surface area contributed by atoms with E-state index in [1.54, 1.807) is 0 Å². The van der Waals surface area contributed by atoms with Gasteiger partial charge in [-0.1, -0.05) is 37.3 Å². The molecule has 1 aromatic carbocycles. The van der Waals surface area contributed by atoms with Crippen molar-refractivity contribution in [2.75, 3.05) is 13.1 Å². The zero-order valence-corrected chi connectivity index (χ0v) is 9.65. The van der Waals surface area contributed by atoms with Crippen LogP contribution in [0.15, 0.2) is 30.3 Å². The quantitative estimate of drug-likeness (QED) is 0.739. The number of rotatable bonds is 7. The van der Waals surface area contributed by atoms with Crippen molar-refractivity contribution in [2.45, 2.75) is 19.8 Å². The van der Waals surface area contributed by atoms with E-state index in [4.69, 9.17) is 5.11 Å². The molecule has 3 heteroatoms. The van der Waals surface area contributed by atoms with Crippen LogP contribution in [0.3, 0.4) is 0 Å². The van der Waals surface area contributed by atoms with Gasteiger partial charge in [-0.15, -0.1) is 0 Å². The Hall–Kier alpha value is -1.35. The van der Waals surface area contributed by atoms with E-state index in [0.717, 1.165) is 19.5 Å². The molecule has 0 aliphatic heterocycles. The van der Waals surface area contributed by atoms with Gasteiger partial charge in [0.2, 0.25) is 0 Å². The Kier molecular flexibility index (Phi) is 5.57. The molecule has 1 unspecified atom stereocenters. The molecule has 0 amide bonds. The van der Waals surface area contributed by atoms with Gasteiger partial charge in [-0.25, -0.2) is 0 Å². The lowest BCUT2D eigenvalue weighted by molar-refractivity contribution is -0.138. The molecule has 1 aromatic rings. The standard InChI is InChI=1S/C13H19NO2/c1-2-14-10-12(9-13(15)16)8-11-6-4-3-5-7-11/h3-7,12,14H,2,8-10H2,1H3,(H,15,16). The molecular formula is C13H19NO2. The summed E-state index contributed by atoms with van der Waals surface area (Å²) in [6, 6.07) is 10.0.